The van der Waals surface area contributed by atoms with Gasteiger partial charge in [0.15, 0.2) is 17.8 Å². The van der Waals surface area contributed by atoms with Gasteiger partial charge in [-0.1, -0.05) is 29.8 Å². The van der Waals surface area contributed by atoms with Crippen molar-refractivity contribution in [3.05, 3.63) is 53.2 Å². The van der Waals surface area contributed by atoms with Crippen LogP contribution in [0.5, 0.6) is 0 Å². The van der Waals surface area contributed by atoms with Crippen LogP contribution in [0.3, 0.4) is 0 Å². The molecule has 2 unspecified atom stereocenters. The molecule has 0 bridgehead atoms. The van der Waals surface area contributed by atoms with Crippen molar-refractivity contribution in [2.75, 3.05) is 13.2 Å². The van der Waals surface area contributed by atoms with Crippen LogP contribution >= 0.6 is 0 Å². The number of aryl methyl sites for hydroxylation is 1. The van der Waals surface area contributed by atoms with E-state index in [2.05, 4.69) is 10.3 Å². The second kappa shape index (κ2) is 8.14. The lowest BCUT2D eigenvalue weighted by molar-refractivity contribution is -0.141. The summed E-state index contributed by atoms with van der Waals surface area (Å²) in [6.45, 7) is 2.60. The second-order valence-electron chi connectivity index (χ2n) is 6.51. The fourth-order valence-electron chi connectivity index (χ4n) is 3.11. The molecule has 1 aromatic heterocycles. The van der Waals surface area contributed by atoms with Crippen LogP contribution < -0.4 is 5.32 Å². The highest BCUT2D eigenvalue weighted by Gasteiger charge is 2.28. The molecule has 2 N–H and O–H groups in total. The molecular weight excluding hydrogens is 336 g/mol. The Bertz CT molecular complexity index is 780. The number of oxazole rings is 1. The molecule has 2 aromatic rings. The SMILES string of the molecule is Cc1cccc(CC(CNC(=O)c2ncoc2C2CCCO2)C(=O)O)c1. The molecule has 0 saturated carbocycles. The van der Waals surface area contributed by atoms with Crippen molar-refractivity contribution in [3.63, 3.8) is 0 Å². The van der Waals surface area contributed by atoms with Crippen LogP contribution in [0.2, 0.25) is 0 Å². The molecule has 3 rings (SSSR count). The number of nitrogens with one attached hydrogen (secondary N) is 1. The Balaban J connectivity index is 1.63. The van der Waals surface area contributed by atoms with Crippen LogP contribution in [0, 0.1) is 12.8 Å². The lowest BCUT2D eigenvalue weighted by Crippen LogP contribution is -2.34. The van der Waals surface area contributed by atoms with Crippen LogP contribution in [0.4, 0.5) is 0 Å². The van der Waals surface area contributed by atoms with Crippen LogP contribution in [-0.4, -0.2) is 35.1 Å². The average Bonchev–Trinajstić information content (AvgIpc) is 3.28. The minimum absolute atomic E-state index is 0.0138. The highest BCUT2D eigenvalue weighted by Crippen LogP contribution is 2.30. The Hall–Kier alpha value is -2.67. The summed E-state index contributed by atoms with van der Waals surface area (Å²) in [5.41, 5.74) is 2.16. The maximum Gasteiger partial charge on any atom is 0.308 e. The normalized spacial score (nSPS) is 17.8. The monoisotopic (exact) mass is 358 g/mol. The predicted molar refractivity (Wildman–Crippen MR) is 92.8 cm³/mol. The summed E-state index contributed by atoms with van der Waals surface area (Å²) >= 11 is 0. The molecule has 7 heteroatoms. The summed E-state index contributed by atoms with van der Waals surface area (Å²) < 4.78 is 10.9. The number of aromatic nitrogens is 1. The number of hydrogen-bond donors (Lipinski definition) is 2. The van der Waals surface area contributed by atoms with Gasteiger partial charge in [0.1, 0.15) is 6.10 Å². The van der Waals surface area contributed by atoms with Gasteiger partial charge in [-0.15, -0.1) is 0 Å². The third-order valence-corrected chi connectivity index (χ3v) is 4.45. The van der Waals surface area contributed by atoms with Gasteiger partial charge in [-0.25, -0.2) is 4.98 Å². The van der Waals surface area contributed by atoms with E-state index in [-0.39, 0.29) is 18.3 Å². The summed E-state index contributed by atoms with van der Waals surface area (Å²) in [6.07, 6.45) is 2.98. The number of carboxylic acid groups (broad SMARTS) is 1. The maximum absolute atomic E-state index is 12.4. The van der Waals surface area contributed by atoms with Gasteiger partial charge < -0.3 is 19.6 Å². The zero-order valence-electron chi connectivity index (χ0n) is 14.6. The maximum atomic E-state index is 12.4. The molecule has 26 heavy (non-hydrogen) atoms. The number of rotatable bonds is 7. The summed E-state index contributed by atoms with van der Waals surface area (Å²) in [5.74, 6) is -1.71. The first kappa shape index (κ1) is 18.1. The van der Waals surface area contributed by atoms with Crippen molar-refractivity contribution < 1.29 is 23.8 Å². The Kier molecular flexibility index (Phi) is 5.68. The van der Waals surface area contributed by atoms with Crippen molar-refractivity contribution in [2.24, 2.45) is 5.92 Å². The van der Waals surface area contributed by atoms with Gasteiger partial charge in [-0.3, -0.25) is 9.59 Å². The van der Waals surface area contributed by atoms with E-state index in [1.807, 2.05) is 31.2 Å². The number of benzene rings is 1. The van der Waals surface area contributed by atoms with Crippen LogP contribution in [-0.2, 0) is 16.0 Å². The second-order valence-corrected chi connectivity index (χ2v) is 6.51. The minimum atomic E-state index is -0.952. The van der Waals surface area contributed by atoms with Gasteiger partial charge in [0.05, 0.1) is 5.92 Å². The molecule has 2 heterocycles. The zero-order chi connectivity index (χ0) is 18.5. The third-order valence-electron chi connectivity index (χ3n) is 4.45. The fourth-order valence-corrected chi connectivity index (χ4v) is 3.11. The van der Waals surface area contributed by atoms with Crippen LogP contribution in [0.1, 0.15) is 46.3 Å². The van der Waals surface area contributed by atoms with Crippen molar-refractivity contribution in [1.82, 2.24) is 10.3 Å². The summed E-state index contributed by atoms with van der Waals surface area (Å²) in [7, 11) is 0. The number of nitrogens with zero attached hydrogens (tertiary/aromatic N) is 1. The van der Waals surface area contributed by atoms with Gasteiger partial charge in [-0.2, -0.15) is 0 Å². The fraction of sp³-hybridized carbons (Fsp3) is 0.421. The van der Waals surface area contributed by atoms with Gasteiger partial charge >= 0.3 is 5.97 Å². The molecule has 1 aromatic carbocycles. The average molecular weight is 358 g/mol. The Morgan fingerprint density at radius 2 is 2.27 bits per heavy atom. The Labute approximate surface area is 151 Å². The highest BCUT2D eigenvalue weighted by molar-refractivity contribution is 5.93. The molecule has 1 aliphatic rings. The first-order chi connectivity index (χ1) is 12.5. The smallest absolute Gasteiger partial charge is 0.308 e. The predicted octanol–water partition coefficient (Wildman–Crippen LogP) is 2.51. The van der Waals surface area contributed by atoms with E-state index in [1.165, 1.54) is 6.39 Å². The van der Waals surface area contributed by atoms with Crippen molar-refractivity contribution in [2.45, 2.75) is 32.3 Å². The van der Waals surface area contributed by atoms with Crippen molar-refractivity contribution in [1.29, 1.82) is 0 Å². The topological polar surface area (TPSA) is 102 Å². The molecule has 7 nitrogen and oxygen atoms in total. The molecule has 1 saturated heterocycles. The highest BCUT2D eigenvalue weighted by atomic mass is 16.5. The van der Waals surface area contributed by atoms with Crippen molar-refractivity contribution >= 4 is 11.9 Å². The standard InChI is InChI=1S/C19H22N2O5/c1-12-4-2-5-13(8-12)9-14(19(23)24)10-20-18(22)16-17(26-11-21-16)15-6-3-7-25-15/h2,4-5,8,11,14-15H,3,6-7,9-10H2,1H3,(H,20,22)(H,23,24). The van der Waals surface area contributed by atoms with E-state index < -0.39 is 17.8 Å². The number of carbonyl (C=O) groups is 2. The van der Waals surface area contributed by atoms with Gasteiger partial charge in [0.25, 0.3) is 5.91 Å². The number of carbonyl (C=O) groups excluding carboxylic acids is 1. The Morgan fingerprint density at radius 1 is 1.42 bits per heavy atom. The minimum Gasteiger partial charge on any atom is -0.481 e. The lowest BCUT2D eigenvalue weighted by atomic mass is 9.98. The van der Waals surface area contributed by atoms with Crippen LogP contribution in [0.25, 0.3) is 0 Å². The number of amides is 1. The molecular formula is C19H22N2O5. The number of ether oxygens (including phenoxy) is 1. The van der Waals surface area contributed by atoms with Crippen LogP contribution in [0.15, 0.2) is 35.1 Å². The summed E-state index contributed by atoms with van der Waals surface area (Å²) in [4.78, 5) is 28.0. The van der Waals surface area contributed by atoms with E-state index in [0.717, 1.165) is 24.0 Å². The number of aliphatic carboxylic acids is 1. The quantitative estimate of drug-likeness (QED) is 0.788. The van der Waals surface area contributed by atoms with E-state index in [4.69, 9.17) is 9.15 Å². The summed E-state index contributed by atoms with van der Waals surface area (Å²) in [5, 5.41) is 12.1. The number of hydrogen-bond acceptors (Lipinski definition) is 5. The zero-order valence-corrected chi connectivity index (χ0v) is 14.6. The van der Waals surface area contributed by atoms with Gasteiger partial charge in [-0.05, 0) is 31.7 Å². The Morgan fingerprint density at radius 3 is 2.96 bits per heavy atom. The molecule has 0 spiro atoms. The van der Waals surface area contributed by atoms with E-state index in [1.54, 1.807) is 0 Å². The van der Waals surface area contributed by atoms with E-state index in [0.29, 0.717) is 18.8 Å². The molecule has 1 amide bonds. The largest absolute Gasteiger partial charge is 0.481 e. The molecule has 0 aliphatic carbocycles. The molecule has 1 aliphatic heterocycles. The van der Waals surface area contributed by atoms with Crippen molar-refractivity contribution in [3.8, 4) is 0 Å². The molecule has 2 atom stereocenters. The van der Waals surface area contributed by atoms with E-state index in [9.17, 15) is 14.7 Å². The summed E-state index contributed by atoms with van der Waals surface area (Å²) in [6, 6.07) is 7.69. The van der Waals surface area contributed by atoms with Gasteiger partial charge in [0.2, 0.25) is 0 Å². The van der Waals surface area contributed by atoms with E-state index >= 15 is 0 Å². The lowest BCUT2D eigenvalue weighted by Gasteiger charge is -2.14. The first-order valence-corrected chi connectivity index (χ1v) is 8.66. The first-order valence-electron chi connectivity index (χ1n) is 8.66. The third kappa shape index (κ3) is 4.29. The molecule has 0 radical (unpaired) electrons. The number of carboxylic acids is 1. The molecule has 1 fully saturated rings. The van der Waals surface area contributed by atoms with Gasteiger partial charge in [0, 0.05) is 13.2 Å². The molecule has 138 valence electrons.